The van der Waals surface area contributed by atoms with E-state index < -0.39 is 0 Å². The van der Waals surface area contributed by atoms with Crippen molar-refractivity contribution in [1.82, 2.24) is 4.90 Å². The largest absolute Gasteiger partial charge is 0.450 e. The third-order valence-corrected chi connectivity index (χ3v) is 2.88. The van der Waals surface area contributed by atoms with Crippen LogP contribution in [0.5, 0.6) is 0 Å². The molecule has 1 aromatic heterocycles. The van der Waals surface area contributed by atoms with Crippen molar-refractivity contribution in [3.8, 4) is 0 Å². The molecular formula is C11H17NO3S. The summed E-state index contributed by atoms with van der Waals surface area (Å²) in [7, 11) is 1.62. The van der Waals surface area contributed by atoms with E-state index in [0.717, 1.165) is 4.88 Å². The number of methoxy groups -OCH3 is 1. The molecule has 0 atom stereocenters. The standard InChI is InChI=1S/C11H17NO3S/c1-3-15-11(13)12(6-7-14-2)9-10-5-4-8-16-10/h4-5,8H,3,6-7,9H2,1-2H3. The van der Waals surface area contributed by atoms with Crippen LogP contribution in [0.3, 0.4) is 0 Å². The Balaban J connectivity index is 2.52. The highest BCUT2D eigenvalue weighted by Crippen LogP contribution is 2.12. The van der Waals surface area contributed by atoms with E-state index in [4.69, 9.17) is 9.47 Å². The fourth-order valence-corrected chi connectivity index (χ4v) is 1.96. The summed E-state index contributed by atoms with van der Waals surface area (Å²) in [5.41, 5.74) is 0. The lowest BCUT2D eigenvalue weighted by atomic mass is 10.4. The van der Waals surface area contributed by atoms with Crippen LogP contribution in [0.4, 0.5) is 4.79 Å². The zero-order chi connectivity index (χ0) is 11.8. The molecule has 0 fully saturated rings. The van der Waals surface area contributed by atoms with Gasteiger partial charge in [0.15, 0.2) is 0 Å². The Morgan fingerprint density at radius 1 is 1.56 bits per heavy atom. The van der Waals surface area contributed by atoms with Crippen molar-refractivity contribution in [2.45, 2.75) is 13.5 Å². The summed E-state index contributed by atoms with van der Waals surface area (Å²) in [5, 5.41) is 2.00. The summed E-state index contributed by atoms with van der Waals surface area (Å²) in [6.07, 6.45) is -0.284. The molecule has 0 bridgehead atoms. The molecule has 0 aromatic carbocycles. The maximum absolute atomic E-state index is 11.6. The first-order valence-electron chi connectivity index (χ1n) is 5.21. The molecule has 0 radical (unpaired) electrons. The molecule has 0 saturated carbocycles. The van der Waals surface area contributed by atoms with Gasteiger partial charge >= 0.3 is 6.09 Å². The normalized spacial score (nSPS) is 10.1. The molecule has 0 saturated heterocycles. The van der Waals surface area contributed by atoms with Gasteiger partial charge in [0.25, 0.3) is 0 Å². The molecule has 1 amide bonds. The van der Waals surface area contributed by atoms with Crippen LogP contribution >= 0.6 is 11.3 Å². The maximum atomic E-state index is 11.6. The Labute approximate surface area is 99.8 Å². The Morgan fingerprint density at radius 2 is 2.38 bits per heavy atom. The number of carbonyl (C=O) groups is 1. The van der Waals surface area contributed by atoms with E-state index in [-0.39, 0.29) is 6.09 Å². The van der Waals surface area contributed by atoms with Crippen LogP contribution in [0.2, 0.25) is 0 Å². The fraction of sp³-hybridized carbons (Fsp3) is 0.545. The summed E-state index contributed by atoms with van der Waals surface area (Å²) in [6.45, 7) is 3.85. The molecule has 5 heteroatoms. The summed E-state index contributed by atoms with van der Waals surface area (Å²) in [4.78, 5) is 14.4. The predicted octanol–water partition coefficient (Wildman–Crippen LogP) is 2.35. The monoisotopic (exact) mass is 243 g/mol. The van der Waals surface area contributed by atoms with Gasteiger partial charge in [-0.1, -0.05) is 6.07 Å². The molecular weight excluding hydrogens is 226 g/mol. The summed E-state index contributed by atoms with van der Waals surface area (Å²) >= 11 is 1.63. The number of nitrogens with zero attached hydrogens (tertiary/aromatic N) is 1. The van der Waals surface area contributed by atoms with Crippen LogP contribution in [0.1, 0.15) is 11.8 Å². The van der Waals surface area contributed by atoms with Crippen LogP contribution < -0.4 is 0 Å². The van der Waals surface area contributed by atoms with E-state index in [1.165, 1.54) is 0 Å². The number of amides is 1. The summed E-state index contributed by atoms with van der Waals surface area (Å²) < 4.78 is 9.96. The minimum Gasteiger partial charge on any atom is -0.450 e. The SMILES string of the molecule is CCOC(=O)N(CCOC)Cc1cccs1. The van der Waals surface area contributed by atoms with Gasteiger partial charge in [-0.2, -0.15) is 0 Å². The first kappa shape index (κ1) is 13.0. The lowest BCUT2D eigenvalue weighted by molar-refractivity contribution is 0.0886. The zero-order valence-corrected chi connectivity index (χ0v) is 10.5. The lowest BCUT2D eigenvalue weighted by Gasteiger charge is -2.20. The van der Waals surface area contributed by atoms with E-state index >= 15 is 0 Å². The average molecular weight is 243 g/mol. The number of hydrogen-bond donors (Lipinski definition) is 0. The van der Waals surface area contributed by atoms with Crippen molar-refractivity contribution in [1.29, 1.82) is 0 Å². The molecule has 90 valence electrons. The minimum absolute atomic E-state index is 0.284. The number of rotatable bonds is 6. The molecule has 0 aliphatic heterocycles. The van der Waals surface area contributed by atoms with Gasteiger partial charge in [0.05, 0.1) is 19.8 Å². The first-order chi connectivity index (χ1) is 7.77. The lowest BCUT2D eigenvalue weighted by Crippen LogP contribution is -2.33. The smallest absolute Gasteiger partial charge is 0.410 e. The second kappa shape index (κ2) is 7.24. The highest BCUT2D eigenvalue weighted by atomic mass is 32.1. The van der Waals surface area contributed by atoms with Crippen LogP contribution in [-0.2, 0) is 16.0 Å². The minimum atomic E-state index is -0.284. The molecule has 1 heterocycles. The molecule has 0 spiro atoms. The second-order valence-corrected chi connectivity index (χ2v) is 4.22. The molecule has 4 nitrogen and oxygen atoms in total. The Kier molecular flexibility index (Phi) is 5.88. The molecule has 0 aliphatic rings. The van der Waals surface area contributed by atoms with Crippen LogP contribution in [-0.4, -0.2) is 37.9 Å². The average Bonchev–Trinajstić information content (AvgIpc) is 2.77. The fourth-order valence-electron chi connectivity index (χ4n) is 1.24. The van der Waals surface area contributed by atoms with Gasteiger partial charge in [0, 0.05) is 18.5 Å². The third-order valence-electron chi connectivity index (χ3n) is 2.02. The predicted molar refractivity (Wildman–Crippen MR) is 63.6 cm³/mol. The molecule has 0 aliphatic carbocycles. The van der Waals surface area contributed by atoms with Gasteiger partial charge in [-0.15, -0.1) is 11.3 Å². The van der Waals surface area contributed by atoms with Crippen molar-refractivity contribution in [3.05, 3.63) is 22.4 Å². The van der Waals surface area contributed by atoms with Crippen molar-refractivity contribution < 1.29 is 14.3 Å². The van der Waals surface area contributed by atoms with Gasteiger partial charge < -0.3 is 14.4 Å². The van der Waals surface area contributed by atoms with Crippen molar-refractivity contribution in [3.63, 3.8) is 0 Å². The zero-order valence-electron chi connectivity index (χ0n) is 9.64. The van der Waals surface area contributed by atoms with Crippen molar-refractivity contribution in [2.24, 2.45) is 0 Å². The second-order valence-electron chi connectivity index (χ2n) is 3.19. The summed E-state index contributed by atoms with van der Waals surface area (Å²) in [6, 6.07) is 3.98. The maximum Gasteiger partial charge on any atom is 0.410 e. The van der Waals surface area contributed by atoms with E-state index in [2.05, 4.69) is 0 Å². The number of thiophene rings is 1. The van der Waals surface area contributed by atoms with E-state index in [9.17, 15) is 4.79 Å². The number of carbonyl (C=O) groups excluding carboxylic acids is 1. The molecule has 16 heavy (non-hydrogen) atoms. The Hall–Kier alpha value is -1.07. The van der Waals surface area contributed by atoms with Gasteiger partial charge in [0.2, 0.25) is 0 Å². The highest BCUT2D eigenvalue weighted by Gasteiger charge is 2.14. The molecule has 1 aromatic rings. The van der Waals surface area contributed by atoms with Gasteiger partial charge in [-0.05, 0) is 18.4 Å². The first-order valence-corrected chi connectivity index (χ1v) is 6.09. The molecule has 0 N–H and O–H groups in total. The molecule has 1 rings (SSSR count). The van der Waals surface area contributed by atoms with Crippen LogP contribution in [0.15, 0.2) is 17.5 Å². The van der Waals surface area contributed by atoms with Gasteiger partial charge in [-0.3, -0.25) is 0 Å². The van der Waals surface area contributed by atoms with Crippen LogP contribution in [0, 0.1) is 0 Å². The summed E-state index contributed by atoms with van der Waals surface area (Å²) in [5.74, 6) is 0. The third kappa shape index (κ3) is 4.20. The highest BCUT2D eigenvalue weighted by molar-refractivity contribution is 7.09. The Bertz CT molecular complexity index is 300. The Morgan fingerprint density at radius 3 is 2.94 bits per heavy atom. The molecule has 0 unspecified atom stereocenters. The van der Waals surface area contributed by atoms with Gasteiger partial charge in [0.1, 0.15) is 0 Å². The van der Waals surface area contributed by atoms with Crippen molar-refractivity contribution in [2.75, 3.05) is 26.9 Å². The number of hydrogen-bond acceptors (Lipinski definition) is 4. The topological polar surface area (TPSA) is 38.8 Å². The number of ether oxygens (including phenoxy) is 2. The van der Waals surface area contributed by atoms with E-state index in [1.54, 1.807) is 30.3 Å². The van der Waals surface area contributed by atoms with Crippen LogP contribution in [0.25, 0.3) is 0 Å². The van der Waals surface area contributed by atoms with E-state index in [0.29, 0.717) is 26.3 Å². The van der Waals surface area contributed by atoms with Gasteiger partial charge in [-0.25, -0.2) is 4.79 Å². The quantitative estimate of drug-likeness (QED) is 0.770. The van der Waals surface area contributed by atoms with E-state index in [1.807, 2.05) is 17.5 Å². The van der Waals surface area contributed by atoms with Crippen molar-refractivity contribution >= 4 is 17.4 Å².